The molecular weight excluding hydrogens is 234 g/mol. The van der Waals surface area contributed by atoms with Crippen molar-refractivity contribution < 1.29 is 4.79 Å². The molecule has 2 N–H and O–H groups in total. The number of benzene rings is 1. The number of anilines is 1. The quantitative estimate of drug-likeness (QED) is 0.902. The Hall–Kier alpha value is -1.88. The second-order valence-corrected chi connectivity index (χ2v) is 4.77. The highest BCUT2D eigenvalue weighted by atomic mass is 32.1. The van der Waals surface area contributed by atoms with Gasteiger partial charge in [-0.2, -0.15) is 0 Å². The summed E-state index contributed by atoms with van der Waals surface area (Å²) in [5.74, 6) is -0.0527. The van der Waals surface area contributed by atoms with Gasteiger partial charge in [-0.15, -0.1) is 0 Å². The van der Waals surface area contributed by atoms with E-state index in [4.69, 9.17) is 5.73 Å². The van der Waals surface area contributed by atoms with E-state index < -0.39 is 0 Å². The maximum absolute atomic E-state index is 12.0. The highest BCUT2D eigenvalue weighted by Gasteiger charge is 2.14. The number of hydrogen-bond acceptors (Lipinski definition) is 4. The van der Waals surface area contributed by atoms with Crippen LogP contribution in [0.1, 0.15) is 15.2 Å². The molecule has 0 unspecified atom stereocenters. The van der Waals surface area contributed by atoms with E-state index >= 15 is 0 Å². The molecule has 1 amide bonds. The van der Waals surface area contributed by atoms with Gasteiger partial charge in [0.15, 0.2) is 5.13 Å². The van der Waals surface area contributed by atoms with Gasteiger partial charge >= 0.3 is 0 Å². The minimum Gasteiger partial charge on any atom is -0.375 e. The number of hydrogen-bond donors (Lipinski definition) is 1. The molecule has 4 nitrogen and oxygen atoms in total. The molecule has 0 aliphatic carbocycles. The number of aromatic nitrogens is 1. The first kappa shape index (κ1) is 11.6. The second-order valence-electron chi connectivity index (χ2n) is 3.71. The fourth-order valence-electron chi connectivity index (χ4n) is 1.50. The lowest BCUT2D eigenvalue weighted by atomic mass is 10.2. The van der Waals surface area contributed by atoms with Gasteiger partial charge < -0.3 is 10.6 Å². The van der Waals surface area contributed by atoms with Gasteiger partial charge in [-0.1, -0.05) is 41.7 Å². The van der Waals surface area contributed by atoms with E-state index in [0.29, 0.717) is 16.6 Å². The molecule has 0 radical (unpaired) electrons. The Labute approximate surface area is 104 Å². The van der Waals surface area contributed by atoms with Crippen LogP contribution >= 0.6 is 11.3 Å². The molecule has 0 spiro atoms. The Balaban J connectivity index is 2.06. The summed E-state index contributed by atoms with van der Waals surface area (Å²) in [7, 11) is 1.77. The molecule has 0 saturated carbocycles. The van der Waals surface area contributed by atoms with Crippen molar-refractivity contribution in [3.63, 3.8) is 0 Å². The molecule has 2 rings (SSSR count). The fourth-order valence-corrected chi connectivity index (χ4v) is 2.18. The van der Waals surface area contributed by atoms with Crippen molar-refractivity contribution >= 4 is 22.4 Å². The topological polar surface area (TPSA) is 59.2 Å². The van der Waals surface area contributed by atoms with Crippen molar-refractivity contribution in [3.05, 3.63) is 47.0 Å². The Morgan fingerprint density at radius 2 is 2.12 bits per heavy atom. The zero-order valence-electron chi connectivity index (χ0n) is 9.46. The summed E-state index contributed by atoms with van der Waals surface area (Å²) in [6, 6.07) is 9.85. The molecule has 0 aliphatic heterocycles. The highest BCUT2D eigenvalue weighted by Crippen LogP contribution is 2.17. The molecule has 1 aromatic heterocycles. The minimum absolute atomic E-state index is 0.0527. The van der Waals surface area contributed by atoms with Crippen molar-refractivity contribution in [1.29, 1.82) is 0 Å². The van der Waals surface area contributed by atoms with Gasteiger partial charge in [0.2, 0.25) is 0 Å². The Morgan fingerprint density at radius 1 is 1.41 bits per heavy atom. The molecule has 0 aliphatic rings. The van der Waals surface area contributed by atoms with Crippen LogP contribution in [0.2, 0.25) is 0 Å². The van der Waals surface area contributed by atoms with Crippen molar-refractivity contribution in [2.45, 2.75) is 6.54 Å². The van der Waals surface area contributed by atoms with Crippen LogP contribution in [0, 0.1) is 0 Å². The van der Waals surface area contributed by atoms with Crippen LogP contribution in [0.3, 0.4) is 0 Å². The molecule has 0 fully saturated rings. The first-order valence-corrected chi connectivity index (χ1v) is 5.99. The first-order valence-electron chi connectivity index (χ1n) is 5.17. The van der Waals surface area contributed by atoms with E-state index in [0.717, 1.165) is 5.56 Å². The molecule has 0 saturated heterocycles. The Bertz CT molecular complexity index is 509. The maximum Gasteiger partial charge on any atom is 0.265 e. The molecule has 1 aromatic carbocycles. The first-order chi connectivity index (χ1) is 8.16. The fraction of sp³-hybridized carbons (Fsp3) is 0.167. The van der Waals surface area contributed by atoms with Gasteiger partial charge in [-0.25, -0.2) is 4.98 Å². The normalized spacial score (nSPS) is 10.2. The molecular formula is C12H13N3OS. The molecule has 1 heterocycles. The van der Waals surface area contributed by atoms with E-state index in [9.17, 15) is 4.79 Å². The smallest absolute Gasteiger partial charge is 0.265 e. The lowest BCUT2D eigenvalue weighted by Gasteiger charge is -2.15. The maximum atomic E-state index is 12.0. The SMILES string of the molecule is CN(Cc1ccccc1)C(=O)c1cnc(N)s1. The Morgan fingerprint density at radius 3 is 2.71 bits per heavy atom. The van der Waals surface area contributed by atoms with Crippen LogP contribution < -0.4 is 5.73 Å². The predicted molar refractivity (Wildman–Crippen MR) is 68.8 cm³/mol. The van der Waals surface area contributed by atoms with Crippen LogP contribution in [0.5, 0.6) is 0 Å². The van der Waals surface area contributed by atoms with E-state index in [2.05, 4.69) is 4.98 Å². The predicted octanol–water partition coefficient (Wildman–Crippen LogP) is 2.00. The molecule has 17 heavy (non-hydrogen) atoms. The summed E-state index contributed by atoms with van der Waals surface area (Å²) in [5, 5.41) is 0.418. The van der Waals surface area contributed by atoms with Crippen LogP contribution in [0.25, 0.3) is 0 Å². The van der Waals surface area contributed by atoms with Crippen LogP contribution in [-0.4, -0.2) is 22.8 Å². The number of carbonyl (C=O) groups is 1. The van der Waals surface area contributed by atoms with Crippen LogP contribution in [0.4, 0.5) is 5.13 Å². The third-order valence-corrected chi connectivity index (χ3v) is 3.16. The lowest BCUT2D eigenvalue weighted by molar-refractivity contribution is 0.0789. The summed E-state index contributed by atoms with van der Waals surface area (Å²) >= 11 is 1.21. The Kier molecular flexibility index (Phi) is 3.39. The number of rotatable bonds is 3. The largest absolute Gasteiger partial charge is 0.375 e. The number of amides is 1. The number of nitrogen functional groups attached to an aromatic ring is 1. The summed E-state index contributed by atoms with van der Waals surface area (Å²) < 4.78 is 0. The van der Waals surface area contributed by atoms with E-state index in [1.165, 1.54) is 17.5 Å². The average Bonchev–Trinajstić information content (AvgIpc) is 2.76. The zero-order valence-corrected chi connectivity index (χ0v) is 10.3. The van der Waals surface area contributed by atoms with Gasteiger partial charge in [0.05, 0.1) is 6.20 Å². The monoisotopic (exact) mass is 247 g/mol. The van der Waals surface area contributed by atoms with Crippen molar-refractivity contribution in [1.82, 2.24) is 9.88 Å². The third-order valence-electron chi connectivity index (χ3n) is 2.34. The molecule has 88 valence electrons. The standard InChI is InChI=1S/C12H13N3OS/c1-15(8-9-5-3-2-4-6-9)11(16)10-7-14-12(13)17-10/h2-7H,8H2,1H3,(H2,13,14). The minimum atomic E-state index is -0.0527. The van der Waals surface area contributed by atoms with Crippen LogP contribution in [0.15, 0.2) is 36.5 Å². The molecule has 0 atom stereocenters. The number of thiazole rings is 1. The van der Waals surface area contributed by atoms with Crippen LogP contribution in [-0.2, 0) is 6.54 Å². The lowest BCUT2D eigenvalue weighted by Crippen LogP contribution is -2.25. The van der Waals surface area contributed by atoms with E-state index in [1.54, 1.807) is 11.9 Å². The van der Waals surface area contributed by atoms with Crippen molar-refractivity contribution in [2.75, 3.05) is 12.8 Å². The van der Waals surface area contributed by atoms with E-state index in [1.807, 2.05) is 30.3 Å². The van der Waals surface area contributed by atoms with Gasteiger partial charge in [0.25, 0.3) is 5.91 Å². The number of nitrogens with two attached hydrogens (primary N) is 1. The summed E-state index contributed by atoms with van der Waals surface area (Å²) in [6.07, 6.45) is 1.52. The van der Waals surface area contributed by atoms with Gasteiger partial charge in [-0.05, 0) is 5.56 Å². The molecule has 2 aromatic rings. The third kappa shape index (κ3) is 2.82. The van der Waals surface area contributed by atoms with Gasteiger partial charge in [0, 0.05) is 13.6 Å². The summed E-state index contributed by atoms with van der Waals surface area (Å²) in [5.41, 5.74) is 6.60. The number of carbonyl (C=O) groups excluding carboxylic acids is 1. The zero-order chi connectivity index (χ0) is 12.3. The highest BCUT2D eigenvalue weighted by molar-refractivity contribution is 7.17. The van der Waals surface area contributed by atoms with Gasteiger partial charge in [-0.3, -0.25) is 4.79 Å². The molecule has 5 heteroatoms. The number of nitrogens with zero attached hydrogens (tertiary/aromatic N) is 2. The van der Waals surface area contributed by atoms with Crippen molar-refractivity contribution in [3.8, 4) is 0 Å². The summed E-state index contributed by atoms with van der Waals surface area (Å²) in [6.45, 7) is 0.581. The van der Waals surface area contributed by atoms with E-state index in [-0.39, 0.29) is 5.91 Å². The molecule has 0 bridgehead atoms. The second kappa shape index (κ2) is 4.97. The average molecular weight is 247 g/mol. The van der Waals surface area contributed by atoms with Crippen molar-refractivity contribution in [2.24, 2.45) is 0 Å². The van der Waals surface area contributed by atoms with Gasteiger partial charge in [0.1, 0.15) is 4.88 Å². The summed E-state index contributed by atoms with van der Waals surface area (Å²) in [4.78, 5) is 18.1.